The lowest BCUT2D eigenvalue weighted by Gasteiger charge is -2.06. The zero-order valence-corrected chi connectivity index (χ0v) is 9.60. The topological polar surface area (TPSA) is 60.9 Å². The molecule has 1 rings (SSSR count). The summed E-state index contributed by atoms with van der Waals surface area (Å²) in [6, 6.07) is 2.22. The highest BCUT2D eigenvalue weighted by Gasteiger charge is 2.13. The Balaban J connectivity index is 2.61. The van der Waals surface area contributed by atoms with Crippen molar-refractivity contribution in [2.24, 2.45) is 11.7 Å². The minimum atomic E-state index is -0.0748. The second kappa shape index (κ2) is 5.07. The van der Waals surface area contributed by atoms with E-state index >= 15 is 0 Å². The van der Waals surface area contributed by atoms with E-state index in [2.05, 4.69) is 18.9 Å². The van der Waals surface area contributed by atoms with Crippen molar-refractivity contribution in [2.45, 2.75) is 33.2 Å². The molecule has 0 spiro atoms. The normalized spacial score (nSPS) is 13.1. The Morgan fingerprint density at radius 2 is 2.20 bits per heavy atom. The summed E-state index contributed by atoms with van der Waals surface area (Å²) < 4.78 is 1.86. The number of nitrogens with zero attached hydrogens (tertiary/aromatic N) is 2. The van der Waals surface area contributed by atoms with Gasteiger partial charge in [-0.2, -0.15) is 5.10 Å². The predicted octanol–water partition coefficient (Wildman–Crippen LogP) is 1.17. The second-order valence-electron chi connectivity index (χ2n) is 4.16. The molecule has 0 fully saturated rings. The number of ketones is 1. The number of carbonyl (C=O) groups is 1. The van der Waals surface area contributed by atoms with Gasteiger partial charge in [0, 0.05) is 24.7 Å². The second-order valence-corrected chi connectivity index (χ2v) is 4.16. The first-order valence-corrected chi connectivity index (χ1v) is 5.31. The van der Waals surface area contributed by atoms with Crippen LogP contribution in [0, 0.1) is 5.92 Å². The Labute approximate surface area is 90.5 Å². The van der Waals surface area contributed by atoms with Gasteiger partial charge in [-0.05, 0) is 19.9 Å². The van der Waals surface area contributed by atoms with Gasteiger partial charge >= 0.3 is 0 Å². The molecule has 0 radical (unpaired) electrons. The number of hydrogen-bond donors (Lipinski definition) is 1. The summed E-state index contributed by atoms with van der Waals surface area (Å²) in [7, 11) is 0. The van der Waals surface area contributed by atoms with E-state index in [1.54, 1.807) is 0 Å². The maximum atomic E-state index is 11.6. The van der Waals surface area contributed by atoms with Gasteiger partial charge < -0.3 is 5.73 Å². The van der Waals surface area contributed by atoms with Crippen molar-refractivity contribution < 1.29 is 4.79 Å². The smallest absolute Gasteiger partial charge is 0.142 e. The molecule has 0 amide bonds. The Kier molecular flexibility index (Phi) is 4.03. The fourth-order valence-corrected chi connectivity index (χ4v) is 1.24. The van der Waals surface area contributed by atoms with Crippen molar-refractivity contribution in [3.8, 4) is 0 Å². The van der Waals surface area contributed by atoms with Crippen LogP contribution >= 0.6 is 0 Å². The van der Waals surface area contributed by atoms with E-state index < -0.39 is 0 Å². The van der Waals surface area contributed by atoms with Crippen LogP contribution in [0.2, 0.25) is 0 Å². The highest BCUT2D eigenvalue weighted by molar-refractivity contribution is 5.82. The lowest BCUT2D eigenvalue weighted by molar-refractivity contribution is -0.121. The third-order valence-corrected chi connectivity index (χ3v) is 2.45. The molecule has 15 heavy (non-hydrogen) atoms. The third kappa shape index (κ3) is 3.16. The van der Waals surface area contributed by atoms with Crippen molar-refractivity contribution in [3.63, 3.8) is 0 Å². The van der Waals surface area contributed by atoms with Gasteiger partial charge in [-0.25, -0.2) is 0 Å². The van der Waals surface area contributed by atoms with Crippen molar-refractivity contribution in [2.75, 3.05) is 6.54 Å². The lowest BCUT2D eigenvalue weighted by atomic mass is 10.0. The van der Waals surface area contributed by atoms with E-state index in [-0.39, 0.29) is 11.7 Å². The van der Waals surface area contributed by atoms with E-state index in [0.29, 0.717) is 19.0 Å². The van der Waals surface area contributed by atoms with E-state index in [1.165, 1.54) is 0 Å². The van der Waals surface area contributed by atoms with Crippen LogP contribution < -0.4 is 5.73 Å². The first-order chi connectivity index (χ1) is 7.04. The molecular formula is C11H19N3O. The molecule has 0 bridgehead atoms. The van der Waals surface area contributed by atoms with Crippen molar-refractivity contribution in [1.29, 1.82) is 0 Å². The monoisotopic (exact) mass is 209 g/mol. The Morgan fingerprint density at radius 3 is 2.67 bits per heavy atom. The Morgan fingerprint density at radius 1 is 1.53 bits per heavy atom. The average Bonchev–Trinajstić information content (AvgIpc) is 2.65. The van der Waals surface area contributed by atoms with Gasteiger partial charge in [-0.15, -0.1) is 0 Å². The molecule has 2 N–H and O–H groups in total. The summed E-state index contributed by atoms with van der Waals surface area (Å²) in [6.45, 7) is 6.37. The molecule has 1 aromatic heterocycles. The Hall–Kier alpha value is -1.16. The average molecular weight is 209 g/mol. The maximum Gasteiger partial charge on any atom is 0.142 e. The molecule has 1 unspecified atom stereocenters. The largest absolute Gasteiger partial charge is 0.330 e. The number of Topliss-reactive ketones (excluding diaryl/α,β-unsaturated/α-hetero) is 1. The van der Waals surface area contributed by atoms with Crippen LogP contribution in [0.1, 0.15) is 32.5 Å². The van der Waals surface area contributed by atoms with Crippen LogP contribution in [0.4, 0.5) is 0 Å². The van der Waals surface area contributed by atoms with Crippen LogP contribution in [0.15, 0.2) is 12.3 Å². The maximum absolute atomic E-state index is 11.6. The van der Waals surface area contributed by atoms with Gasteiger partial charge in [0.05, 0.1) is 12.1 Å². The highest BCUT2D eigenvalue weighted by Crippen LogP contribution is 2.07. The number of carbonyl (C=O) groups excluding carboxylic acids is 1. The van der Waals surface area contributed by atoms with Crippen LogP contribution in [0.3, 0.4) is 0 Å². The van der Waals surface area contributed by atoms with Crippen molar-refractivity contribution in [1.82, 2.24) is 9.78 Å². The molecular weight excluding hydrogens is 190 g/mol. The molecule has 4 heteroatoms. The predicted molar refractivity (Wildman–Crippen MR) is 59.5 cm³/mol. The number of aromatic nitrogens is 2. The molecule has 0 aliphatic heterocycles. The number of nitrogens with two attached hydrogens (primary N) is 1. The van der Waals surface area contributed by atoms with Crippen LogP contribution in [0.25, 0.3) is 0 Å². The molecule has 0 aromatic carbocycles. The summed E-state index contributed by atoms with van der Waals surface area (Å²) in [6.07, 6.45) is 2.29. The van der Waals surface area contributed by atoms with Crippen LogP contribution in [-0.4, -0.2) is 22.1 Å². The van der Waals surface area contributed by atoms with E-state index in [4.69, 9.17) is 5.73 Å². The Bertz CT molecular complexity index is 330. The quantitative estimate of drug-likeness (QED) is 0.792. The SMILES string of the molecule is CC(CN)C(=O)Cc1ccn(C(C)C)n1. The van der Waals surface area contributed by atoms with Gasteiger partial charge in [-0.3, -0.25) is 9.48 Å². The molecule has 0 aliphatic carbocycles. The van der Waals surface area contributed by atoms with Gasteiger partial charge in [-0.1, -0.05) is 6.92 Å². The zero-order chi connectivity index (χ0) is 11.4. The van der Waals surface area contributed by atoms with Crippen molar-refractivity contribution >= 4 is 5.78 Å². The van der Waals surface area contributed by atoms with E-state index in [9.17, 15) is 4.79 Å². The summed E-state index contributed by atoms with van der Waals surface area (Å²) in [5.41, 5.74) is 6.26. The first-order valence-electron chi connectivity index (χ1n) is 5.31. The summed E-state index contributed by atoms with van der Waals surface area (Å²) in [5, 5.41) is 4.32. The van der Waals surface area contributed by atoms with E-state index in [0.717, 1.165) is 5.69 Å². The molecule has 1 heterocycles. The van der Waals surface area contributed by atoms with Gasteiger partial charge in [0.25, 0.3) is 0 Å². The van der Waals surface area contributed by atoms with E-state index in [1.807, 2.05) is 23.9 Å². The highest BCUT2D eigenvalue weighted by atomic mass is 16.1. The summed E-state index contributed by atoms with van der Waals surface area (Å²) >= 11 is 0. The molecule has 84 valence electrons. The van der Waals surface area contributed by atoms with Crippen LogP contribution in [0.5, 0.6) is 0 Å². The van der Waals surface area contributed by atoms with Gasteiger partial charge in [0.2, 0.25) is 0 Å². The van der Waals surface area contributed by atoms with Gasteiger partial charge in [0.1, 0.15) is 5.78 Å². The van der Waals surface area contributed by atoms with Gasteiger partial charge in [0.15, 0.2) is 0 Å². The number of rotatable bonds is 5. The molecule has 0 saturated carbocycles. The fourth-order valence-electron chi connectivity index (χ4n) is 1.24. The first kappa shape index (κ1) is 11.9. The molecule has 0 saturated heterocycles. The molecule has 1 atom stereocenters. The third-order valence-electron chi connectivity index (χ3n) is 2.45. The minimum absolute atomic E-state index is 0.0748. The summed E-state index contributed by atoms with van der Waals surface area (Å²) in [5.74, 6) is 0.0840. The summed E-state index contributed by atoms with van der Waals surface area (Å²) in [4.78, 5) is 11.6. The molecule has 4 nitrogen and oxygen atoms in total. The minimum Gasteiger partial charge on any atom is -0.330 e. The fraction of sp³-hybridized carbons (Fsp3) is 0.636. The standard InChI is InChI=1S/C11H19N3O/c1-8(2)14-5-4-10(13-14)6-11(15)9(3)7-12/h4-5,8-9H,6-7,12H2,1-3H3. The molecule has 0 aliphatic rings. The zero-order valence-electron chi connectivity index (χ0n) is 9.60. The van der Waals surface area contributed by atoms with Crippen molar-refractivity contribution in [3.05, 3.63) is 18.0 Å². The number of hydrogen-bond acceptors (Lipinski definition) is 3. The molecule has 1 aromatic rings. The van der Waals surface area contributed by atoms with Crippen LogP contribution in [-0.2, 0) is 11.2 Å². The lowest BCUT2D eigenvalue weighted by Crippen LogP contribution is -2.22.